The first-order valence-corrected chi connectivity index (χ1v) is 7.24. The highest BCUT2D eigenvalue weighted by Crippen LogP contribution is 2.36. The lowest BCUT2D eigenvalue weighted by molar-refractivity contribution is -0.125. The van der Waals surface area contributed by atoms with E-state index in [4.69, 9.17) is 9.84 Å². The van der Waals surface area contributed by atoms with Gasteiger partial charge in [0.15, 0.2) is 0 Å². The summed E-state index contributed by atoms with van der Waals surface area (Å²) in [6.07, 6.45) is 4.56. The smallest absolute Gasteiger partial charge is 0.339 e. The predicted molar refractivity (Wildman–Crippen MR) is 84.3 cm³/mol. The number of rotatable bonds is 4. The van der Waals surface area contributed by atoms with Crippen molar-refractivity contribution in [2.45, 2.75) is 33.1 Å². The summed E-state index contributed by atoms with van der Waals surface area (Å²) in [5.41, 5.74) is 1.50. The fourth-order valence-corrected chi connectivity index (χ4v) is 2.51. The number of carbonyl (C=O) groups excluding carboxylic acids is 1. The van der Waals surface area contributed by atoms with E-state index in [0.717, 1.165) is 19.3 Å². The minimum Gasteiger partial charge on any atom is -0.496 e. The largest absolute Gasteiger partial charge is 0.496 e. The van der Waals surface area contributed by atoms with Crippen molar-refractivity contribution in [2.24, 2.45) is 5.41 Å². The molecule has 1 atom stereocenters. The van der Waals surface area contributed by atoms with Gasteiger partial charge in [0, 0.05) is 11.8 Å². The Bertz CT molecular complexity index is 636. The molecule has 1 amide bonds. The Morgan fingerprint density at radius 1 is 1.36 bits per heavy atom. The number of hydrogen-bond acceptors (Lipinski definition) is 3. The second kappa shape index (κ2) is 6.22. The molecule has 5 heteroatoms. The zero-order chi connectivity index (χ0) is 16.3. The normalized spacial score (nSPS) is 21.0. The Kier molecular flexibility index (Phi) is 4.54. The van der Waals surface area contributed by atoms with Crippen LogP contribution in [0.1, 0.15) is 43.5 Å². The van der Waals surface area contributed by atoms with Crippen LogP contribution < -0.4 is 10.1 Å². The van der Waals surface area contributed by atoms with Gasteiger partial charge in [0.25, 0.3) is 0 Å². The minimum atomic E-state index is -1.06. The van der Waals surface area contributed by atoms with Crippen LogP contribution in [0.25, 0.3) is 0 Å². The molecule has 1 aromatic rings. The summed E-state index contributed by atoms with van der Waals surface area (Å²) in [5.74, 6) is -0.884. The highest BCUT2D eigenvalue weighted by atomic mass is 16.5. The third-order valence-electron chi connectivity index (χ3n) is 4.21. The minimum absolute atomic E-state index is 0.0543. The average Bonchev–Trinajstić information content (AvgIpc) is 2.50. The first kappa shape index (κ1) is 16.1. The highest BCUT2D eigenvalue weighted by molar-refractivity contribution is 5.97. The molecule has 5 nitrogen and oxygen atoms in total. The molecule has 0 saturated carbocycles. The molecular formula is C17H21NO4. The average molecular weight is 303 g/mol. The molecule has 0 aliphatic heterocycles. The molecular weight excluding hydrogens is 282 g/mol. The van der Waals surface area contributed by atoms with Crippen LogP contribution >= 0.6 is 0 Å². The monoisotopic (exact) mass is 303 g/mol. The molecule has 22 heavy (non-hydrogen) atoms. The van der Waals surface area contributed by atoms with Crippen molar-refractivity contribution in [1.29, 1.82) is 0 Å². The number of amides is 1. The van der Waals surface area contributed by atoms with Gasteiger partial charge >= 0.3 is 5.97 Å². The van der Waals surface area contributed by atoms with Crippen LogP contribution in [0.3, 0.4) is 0 Å². The van der Waals surface area contributed by atoms with Gasteiger partial charge in [0.05, 0.1) is 12.5 Å². The number of hydrogen-bond donors (Lipinski definition) is 2. The van der Waals surface area contributed by atoms with E-state index >= 15 is 0 Å². The van der Waals surface area contributed by atoms with E-state index in [1.807, 2.05) is 6.92 Å². The summed E-state index contributed by atoms with van der Waals surface area (Å²) in [7, 11) is 1.41. The summed E-state index contributed by atoms with van der Waals surface area (Å²) < 4.78 is 5.07. The fraction of sp³-hybridized carbons (Fsp3) is 0.412. The molecule has 0 fully saturated rings. The molecule has 0 saturated heterocycles. The van der Waals surface area contributed by atoms with Gasteiger partial charge in [-0.15, -0.1) is 0 Å². The lowest BCUT2D eigenvalue weighted by atomic mass is 9.76. The lowest BCUT2D eigenvalue weighted by Gasteiger charge is -2.30. The van der Waals surface area contributed by atoms with Gasteiger partial charge in [-0.1, -0.05) is 18.6 Å². The van der Waals surface area contributed by atoms with Crippen LogP contribution in [0.15, 0.2) is 29.8 Å². The molecule has 2 rings (SSSR count). The van der Waals surface area contributed by atoms with Crippen molar-refractivity contribution in [2.75, 3.05) is 12.4 Å². The summed E-state index contributed by atoms with van der Waals surface area (Å²) in [5, 5.41) is 11.9. The fourth-order valence-electron chi connectivity index (χ4n) is 2.51. The van der Waals surface area contributed by atoms with Crippen LogP contribution in [0.4, 0.5) is 5.69 Å². The highest BCUT2D eigenvalue weighted by Gasteiger charge is 2.34. The first-order valence-electron chi connectivity index (χ1n) is 7.24. The number of nitrogens with one attached hydrogen (secondary N) is 1. The Labute approximate surface area is 130 Å². The zero-order valence-electron chi connectivity index (χ0n) is 13.1. The van der Waals surface area contributed by atoms with Crippen molar-refractivity contribution in [1.82, 2.24) is 0 Å². The van der Waals surface area contributed by atoms with Gasteiger partial charge in [-0.05, 0) is 38.3 Å². The van der Waals surface area contributed by atoms with Gasteiger partial charge in [-0.2, -0.15) is 0 Å². The van der Waals surface area contributed by atoms with Crippen molar-refractivity contribution in [3.8, 4) is 5.75 Å². The number of ether oxygens (including phenoxy) is 1. The summed E-state index contributed by atoms with van der Waals surface area (Å²) in [4.78, 5) is 23.6. The van der Waals surface area contributed by atoms with Gasteiger partial charge in [-0.25, -0.2) is 4.79 Å². The predicted octanol–water partition coefficient (Wildman–Crippen LogP) is 3.47. The molecule has 0 heterocycles. The van der Waals surface area contributed by atoms with Gasteiger partial charge in [-0.3, -0.25) is 4.79 Å². The number of carboxylic acid groups (broad SMARTS) is 1. The number of carboxylic acids is 1. The Balaban J connectivity index is 2.17. The van der Waals surface area contributed by atoms with E-state index in [9.17, 15) is 9.59 Å². The number of benzene rings is 1. The van der Waals surface area contributed by atoms with Crippen LogP contribution in [-0.4, -0.2) is 24.1 Å². The summed E-state index contributed by atoms with van der Waals surface area (Å²) in [6, 6.07) is 4.55. The maximum atomic E-state index is 12.5. The number of methoxy groups -OCH3 is 1. The molecule has 118 valence electrons. The molecule has 0 spiro atoms. The number of aromatic carboxylic acids is 1. The zero-order valence-corrected chi connectivity index (χ0v) is 13.1. The summed E-state index contributed by atoms with van der Waals surface area (Å²) >= 11 is 0. The SMILES string of the molecule is COc1cc(NC(=O)C2(C)CC=C(C)CC2)ccc1C(=O)O. The Hall–Kier alpha value is -2.30. The van der Waals surface area contributed by atoms with Gasteiger partial charge in [0.1, 0.15) is 11.3 Å². The molecule has 0 aromatic heterocycles. The van der Waals surface area contributed by atoms with Crippen molar-refractivity contribution >= 4 is 17.6 Å². The molecule has 0 radical (unpaired) electrons. The number of anilines is 1. The van der Waals surface area contributed by atoms with E-state index in [1.54, 1.807) is 6.07 Å². The second-order valence-electron chi connectivity index (χ2n) is 5.99. The molecule has 1 unspecified atom stereocenters. The standard InChI is InChI=1S/C17H21NO4/c1-11-6-8-17(2,9-7-11)16(21)18-12-4-5-13(15(19)20)14(10-12)22-3/h4-6,10H,7-9H2,1-3H3,(H,18,21)(H,19,20). The van der Waals surface area contributed by atoms with Gasteiger partial charge in [0.2, 0.25) is 5.91 Å². The van der Waals surface area contributed by atoms with E-state index in [2.05, 4.69) is 18.3 Å². The third kappa shape index (κ3) is 3.30. The van der Waals surface area contributed by atoms with E-state index in [0.29, 0.717) is 5.69 Å². The van der Waals surface area contributed by atoms with Crippen molar-refractivity contribution < 1.29 is 19.4 Å². The first-order chi connectivity index (χ1) is 10.4. The maximum Gasteiger partial charge on any atom is 0.339 e. The van der Waals surface area contributed by atoms with E-state index in [1.165, 1.54) is 24.8 Å². The van der Waals surface area contributed by atoms with Crippen LogP contribution in [-0.2, 0) is 4.79 Å². The lowest BCUT2D eigenvalue weighted by Crippen LogP contribution is -2.34. The maximum absolute atomic E-state index is 12.5. The van der Waals surface area contributed by atoms with Gasteiger partial charge < -0.3 is 15.2 Å². The molecule has 0 bridgehead atoms. The van der Waals surface area contributed by atoms with E-state index < -0.39 is 11.4 Å². The Morgan fingerprint density at radius 2 is 2.09 bits per heavy atom. The van der Waals surface area contributed by atoms with E-state index in [-0.39, 0.29) is 17.2 Å². The van der Waals surface area contributed by atoms with Crippen LogP contribution in [0, 0.1) is 5.41 Å². The molecule has 1 aromatic carbocycles. The Morgan fingerprint density at radius 3 is 2.64 bits per heavy atom. The molecule has 1 aliphatic carbocycles. The third-order valence-corrected chi connectivity index (χ3v) is 4.21. The molecule has 1 aliphatic rings. The topological polar surface area (TPSA) is 75.6 Å². The number of carbonyl (C=O) groups is 2. The van der Waals surface area contributed by atoms with Crippen molar-refractivity contribution in [3.05, 3.63) is 35.4 Å². The quantitative estimate of drug-likeness (QED) is 0.835. The van der Waals surface area contributed by atoms with Crippen molar-refractivity contribution in [3.63, 3.8) is 0 Å². The number of allylic oxidation sites excluding steroid dienone is 2. The van der Waals surface area contributed by atoms with Crippen LogP contribution in [0.2, 0.25) is 0 Å². The summed E-state index contributed by atoms with van der Waals surface area (Å²) in [6.45, 7) is 4.03. The second-order valence-corrected chi connectivity index (χ2v) is 5.99. The molecule has 2 N–H and O–H groups in total. The van der Waals surface area contributed by atoms with Crippen LogP contribution in [0.5, 0.6) is 5.75 Å².